The maximum atomic E-state index is 14.6. The molecule has 0 bridgehead atoms. The summed E-state index contributed by atoms with van der Waals surface area (Å²) in [6.07, 6.45) is 3.53. The highest BCUT2D eigenvalue weighted by Gasteiger charge is 2.19. The third kappa shape index (κ3) is 2.85. The molecule has 0 saturated carbocycles. The molecule has 0 aliphatic heterocycles. The minimum absolute atomic E-state index is 0.331. The molecule has 0 aliphatic carbocycles. The van der Waals surface area contributed by atoms with Crippen molar-refractivity contribution in [3.63, 3.8) is 0 Å². The predicted octanol–water partition coefficient (Wildman–Crippen LogP) is 3.99. The van der Waals surface area contributed by atoms with Crippen LogP contribution in [0.15, 0.2) is 43.0 Å². The fraction of sp³-hybridized carbons (Fsp3) is 0.158. The summed E-state index contributed by atoms with van der Waals surface area (Å²) in [6, 6.07) is 6.46. The van der Waals surface area contributed by atoms with Crippen molar-refractivity contribution < 1.29 is 9.50 Å². The summed E-state index contributed by atoms with van der Waals surface area (Å²) in [5.41, 5.74) is 3.25. The molecule has 130 valence electrons. The van der Waals surface area contributed by atoms with Crippen molar-refractivity contribution in [2.75, 3.05) is 0 Å². The topological polar surface area (TPSA) is 71.8 Å². The average molecular weight is 366 g/mol. The molecule has 4 rings (SSSR count). The van der Waals surface area contributed by atoms with Crippen LogP contribution in [0.3, 0.4) is 0 Å². The van der Waals surface area contributed by atoms with Crippen molar-refractivity contribution in [2.45, 2.75) is 20.0 Å². The Morgan fingerprint density at radius 1 is 1.04 bits per heavy atom. The number of aliphatic hydroxyl groups is 1. The SMILES string of the molecule is Cc1cc2ncnc(-c3cc(C(O)c4nccnc4C)ccc3F)c2s1. The molecule has 0 spiro atoms. The highest BCUT2D eigenvalue weighted by Crippen LogP contribution is 2.35. The monoisotopic (exact) mass is 366 g/mol. The van der Waals surface area contributed by atoms with Gasteiger partial charge in [0.2, 0.25) is 0 Å². The second-order valence-electron chi connectivity index (χ2n) is 5.96. The Labute approximate surface area is 153 Å². The highest BCUT2D eigenvalue weighted by atomic mass is 32.1. The predicted molar refractivity (Wildman–Crippen MR) is 98.4 cm³/mol. The first kappa shape index (κ1) is 16.7. The maximum absolute atomic E-state index is 14.6. The van der Waals surface area contributed by atoms with Gasteiger partial charge in [0.1, 0.15) is 18.2 Å². The van der Waals surface area contributed by atoms with Crippen LogP contribution in [0, 0.1) is 19.7 Å². The third-order valence-corrected chi connectivity index (χ3v) is 5.22. The van der Waals surface area contributed by atoms with Gasteiger partial charge in [0.25, 0.3) is 0 Å². The number of aromatic nitrogens is 4. The number of aryl methyl sites for hydroxylation is 2. The number of hydrogen-bond donors (Lipinski definition) is 1. The first-order valence-corrected chi connectivity index (χ1v) is 8.83. The number of thiophene rings is 1. The Kier molecular flexibility index (Phi) is 4.18. The molecule has 0 aliphatic rings. The van der Waals surface area contributed by atoms with Crippen molar-refractivity contribution >= 4 is 21.6 Å². The first-order chi connectivity index (χ1) is 12.5. The molecular formula is C19H15FN4OS. The zero-order valence-electron chi connectivity index (χ0n) is 14.1. The zero-order chi connectivity index (χ0) is 18.3. The van der Waals surface area contributed by atoms with Crippen LogP contribution in [-0.4, -0.2) is 25.0 Å². The lowest BCUT2D eigenvalue weighted by Crippen LogP contribution is -2.06. The van der Waals surface area contributed by atoms with Crippen LogP contribution in [-0.2, 0) is 0 Å². The van der Waals surface area contributed by atoms with E-state index in [9.17, 15) is 9.50 Å². The van der Waals surface area contributed by atoms with E-state index in [0.29, 0.717) is 28.2 Å². The van der Waals surface area contributed by atoms with Crippen molar-refractivity contribution in [3.05, 3.63) is 70.6 Å². The smallest absolute Gasteiger partial charge is 0.132 e. The van der Waals surface area contributed by atoms with E-state index < -0.39 is 11.9 Å². The molecule has 7 heteroatoms. The fourth-order valence-corrected chi connectivity index (χ4v) is 3.87. The summed E-state index contributed by atoms with van der Waals surface area (Å²) < 4.78 is 15.4. The van der Waals surface area contributed by atoms with E-state index in [1.54, 1.807) is 25.3 Å². The number of halogens is 1. The lowest BCUT2D eigenvalue weighted by Gasteiger charge is -2.14. The lowest BCUT2D eigenvalue weighted by molar-refractivity contribution is 0.214. The second-order valence-corrected chi connectivity index (χ2v) is 7.22. The summed E-state index contributed by atoms with van der Waals surface area (Å²) in [4.78, 5) is 18.0. The Hall–Kier alpha value is -2.77. The number of benzene rings is 1. The molecule has 26 heavy (non-hydrogen) atoms. The number of hydrogen-bond acceptors (Lipinski definition) is 6. The quantitative estimate of drug-likeness (QED) is 0.594. The van der Waals surface area contributed by atoms with Crippen LogP contribution in [0.2, 0.25) is 0 Å². The minimum atomic E-state index is -0.995. The van der Waals surface area contributed by atoms with E-state index in [-0.39, 0.29) is 0 Å². The normalized spacial score (nSPS) is 12.5. The molecule has 1 atom stereocenters. The van der Waals surface area contributed by atoms with E-state index in [0.717, 1.165) is 15.1 Å². The summed E-state index contributed by atoms with van der Waals surface area (Å²) in [5.74, 6) is -0.400. The number of rotatable bonds is 3. The maximum Gasteiger partial charge on any atom is 0.132 e. The molecule has 0 saturated heterocycles. The summed E-state index contributed by atoms with van der Waals surface area (Å²) in [7, 11) is 0. The molecule has 0 amide bonds. The molecule has 3 heterocycles. The van der Waals surface area contributed by atoms with Crippen molar-refractivity contribution in [2.24, 2.45) is 0 Å². The largest absolute Gasteiger partial charge is 0.382 e. The van der Waals surface area contributed by atoms with Crippen molar-refractivity contribution in [1.29, 1.82) is 0 Å². The molecule has 0 radical (unpaired) electrons. The average Bonchev–Trinajstić information content (AvgIpc) is 3.02. The van der Waals surface area contributed by atoms with Crippen LogP contribution < -0.4 is 0 Å². The van der Waals surface area contributed by atoms with Gasteiger partial charge in [0, 0.05) is 22.8 Å². The molecule has 3 aromatic heterocycles. The highest BCUT2D eigenvalue weighted by molar-refractivity contribution is 7.19. The van der Waals surface area contributed by atoms with Gasteiger partial charge in [0.05, 0.1) is 27.3 Å². The Bertz CT molecular complexity index is 1110. The minimum Gasteiger partial charge on any atom is -0.382 e. The summed E-state index contributed by atoms with van der Waals surface area (Å²) in [5, 5.41) is 10.7. The van der Waals surface area contributed by atoms with Crippen molar-refractivity contribution in [1.82, 2.24) is 19.9 Å². The fourth-order valence-electron chi connectivity index (χ4n) is 2.90. The Balaban J connectivity index is 1.86. The molecule has 5 nitrogen and oxygen atoms in total. The molecule has 1 unspecified atom stereocenters. The third-order valence-electron chi connectivity index (χ3n) is 4.17. The molecule has 1 aromatic carbocycles. The van der Waals surface area contributed by atoms with Crippen LogP contribution in [0.1, 0.15) is 27.9 Å². The lowest BCUT2D eigenvalue weighted by atomic mass is 10.0. The number of aliphatic hydroxyl groups excluding tert-OH is 1. The van der Waals surface area contributed by atoms with Crippen LogP contribution >= 0.6 is 11.3 Å². The second kappa shape index (κ2) is 6.51. The van der Waals surface area contributed by atoms with Gasteiger partial charge in [-0.15, -0.1) is 11.3 Å². The van der Waals surface area contributed by atoms with Gasteiger partial charge in [-0.3, -0.25) is 9.97 Å². The van der Waals surface area contributed by atoms with E-state index >= 15 is 0 Å². The van der Waals surface area contributed by atoms with Gasteiger partial charge in [0.15, 0.2) is 0 Å². The number of nitrogens with zero attached hydrogens (tertiary/aromatic N) is 4. The summed E-state index contributed by atoms with van der Waals surface area (Å²) >= 11 is 1.52. The molecular weight excluding hydrogens is 351 g/mol. The van der Waals surface area contributed by atoms with Gasteiger partial charge >= 0.3 is 0 Å². The van der Waals surface area contributed by atoms with Gasteiger partial charge in [-0.2, -0.15) is 0 Å². The van der Waals surface area contributed by atoms with E-state index in [1.807, 2.05) is 13.0 Å². The Morgan fingerprint density at radius 3 is 2.65 bits per heavy atom. The molecule has 0 fully saturated rings. The van der Waals surface area contributed by atoms with Gasteiger partial charge in [-0.05, 0) is 37.6 Å². The summed E-state index contributed by atoms with van der Waals surface area (Å²) in [6.45, 7) is 3.75. The van der Waals surface area contributed by atoms with E-state index in [2.05, 4.69) is 19.9 Å². The van der Waals surface area contributed by atoms with E-state index in [4.69, 9.17) is 0 Å². The zero-order valence-corrected chi connectivity index (χ0v) is 15.0. The van der Waals surface area contributed by atoms with Crippen molar-refractivity contribution in [3.8, 4) is 11.3 Å². The van der Waals surface area contributed by atoms with Crippen LogP contribution in [0.4, 0.5) is 4.39 Å². The molecule has 4 aromatic rings. The standard InChI is InChI=1S/C19H15FN4OS/c1-10-7-15-19(26-10)17(24-9-23-15)13-8-12(3-4-14(13)20)18(25)16-11(2)21-5-6-22-16/h3-9,18,25H,1-2H3. The molecule has 1 N–H and O–H groups in total. The van der Waals surface area contributed by atoms with Crippen LogP contribution in [0.5, 0.6) is 0 Å². The Morgan fingerprint density at radius 2 is 1.85 bits per heavy atom. The van der Waals surface area contributed by atoms with Gasteiger partial charge in [-0.1, -0.05) is 6.07 Å². The first-order valence-electron chi connectivity index (χ1n) is 8.01. The van der Waals surface area contributed by atoms with E-state index in [1.165, 1.54) is 29.9 Å². The number of fused-ring (bicyclic) bond motifs is 1. The van der Waals surface area contributed by atoms with Gasteiger partial charge < -0.3 is 5.11 Å². The van der Waals surface area contributed by atoms with Gasteiger partial charge in [-0.25, -0.2) is 14.4 Å². The van der Waals surface area contributed by atoms with Crippen LogP contribution in [0.25, 0.3) is 21.5 Å².